The number of anilines is 1. The van der Waals surface area contributed by atoms with E-state index in [9.17, 15) is 22.8 Å². The summed E-state index contributed by atoms with van der Waals surface area (Å²) < 4.78 is 52.9. The summed E-state index contributed by atoms with van der Waals surface area (Å²) in [4.78, 5) is 27.6. The number of hydrogen-bond acceptors (Lipinski definition) is 5. The molecular weight excluding hydrogens is 417 g/mol. The van der Waals surface area contributed by atoms with Gasteiger partial charge < -0.3 is 19.1 Å². The summed E-state index contributed by atoms with van der Waals surface area (Å²) in [5, 5.41) is 0. The molecule has 0 radical (unpaired) electrons. The van der Waals surface area contributed by atoms with Crippen LogP contribution in [0, 0.1) is 0 Å². The Morgan fingerprint density at radius 1 is 1.06 bits per heavy atom. The number of benzene rings is 2. The number of para-hydroxylation sites is 2. The Labute approximate surface area is 176 Å². The third kappa shape index (κ3) is 5.88. The molecule has 1 fully saturated rings. The zero-order valence-electron chi connectivity index (χ0n) is 16.7. The summed E-state index contributed by atoms with van der Waals surface area (Å²) in [6.45, 7) is 1.29. The lowest BCUT2D eigenvalue weighted by Crippen LogP contribution is -2.48. The number of carbonyl (C=O) groups excluding carboxylic acids is 2. The highest BCUT2D eigenvalue weighted by Gasteiger charge is 2.34. The van der Waals surface area contributed by atoms with Gasteiger partial charge in [-0.3, -0.25) is 4.90 Å². The molecule has 0 saturated carbocycles. The number of esters is 1. The fraction of sp³-hybridized carbons (Fsp3) is 0.333. The third-order valence-electron chi connectivity index (χ3n) is 4.61. The second kappa shape index (κ2) is 9.69. The Hall–Kier alpha value is -3.27. The molecule has 1 aliphatic heterocycles. The molecule has 0 unspecified atom stereocenters. The third-order valence-corrected chi connectivity index (χ3v) is 4.61. The molecule has 2 amide bonds. The first-order valence-corrected chi connectivity index (χ1v) is 9.44. The summed E-state index contributed by atoms with van der Waals surface area (Å²) in [6.07, 6.45) is -4.91. The van der Waals surface area contributed by atoms with Crippen molar-refractivity contribution in [3.63, 3.8) is 0 Å². The Morgan fingerprint density at radius 2 is 1.71 bits per heavy atom. The van der Waals surface area contributed by atoms with Gasteiger partial charge in [-0.15, -0.1) is 13.2 Å². The number of ether oxygens (including phenoxy) is 3. The van der Waals surface area contributed by atoms with E-state index in [0.29, 0.717) is 37.4 Å². The summed E-state index contributed by atoms with van der Waals surface area (Å²) in [5.74, 6) is -1.00. The fourth-order valence-corrected chi connectivity index (χ4v) is 3.12. The molecule has 10 heteroatoms. The SMILES string of the molecule is COC(=O)c1ccc(CN(C(=O)N2CCOCC2)c2ccccc2OC(F)(F)F)cc1. The van der Waals surface area contributed by atoms with Crippen molar-refractivity contribution < 1.29 is 37.0 Å². The van der Waals surface area contributed by atoms with Gasteiger partial charge in [-0.25, -0.2) is 9.59 Å². The fourth-order valence-electron chi connectivity index (χ4n) is 3.12. The number of alkyl halides is 3. The molecule has 0 N–H and O–H groups in total. The van der Waals surface area contributed by atoms with Crippen LogP contribution in [0.3, 0.4) is 0 Å². The van der Waals surface area contributed by atoms with Crippen LogP contribution in [0.4, 0.5) is 23.7 Å². The van der Waals surface area contributed by atoms with Gasteiger partial charge in [0.15, 0.2) is 5.75 Å². The van der Waals surface area contributed by atoms with Crippen LogP contribution in [-0.4, -0.2) is 56.7 Å². The number of methoxy groups -OCH3 is 1. The molecule has 0 spiro atoms. The van der Waals surface area contributed by atoms with Crippen molar-refractivity contribution in [3.8, 4) is 5.75 Å². The lowest BCUT2D eigenvalue weighted by molar-refractivity contribution is -0.274. The summed E-state index contributed by atoms with van der Waals surface area (Å²) in [7, 11) is 1.26. The Bertz CT molecular complexity index is 912. The Balaban J connectivity index is 1.94. The van der Waals surface area contributed by atoms with Crippen molar-refractivity contribution in [1.82, 2.24) is 4.90 Å². The number of amides is 2. The topological polar surface area (TPSA) is 68.3 Å². The van der Waals surface area contributed by atoms with E-state index in [-0.39, 0.29) is 12.2 Å². The van der Waals surface area contributed by atoms with E-state index in [1.165, 1.54) is 47.2 Å². The van der Waals surface area contributed by atoms with E-state index in [0.717, 1.165) is 6.07 Å². The lowest BCUT2D eigenvalue weighted by atomic mass is 10.1. The molecule has 0 atom stereocenters. The zero-order chi connectivity index (χ0) is 22.4. The van der Waals surface area contributed by atoms with E-state index < -0.39 is 24.1 Å². The second-order valence-corrected chi connectivity index (χ2v) is 6.67. The van der Waals surface area contributed by atoms with Crippen molar-refractivity contribution in [2.75, 3.05) is 38.3 Å². The summed E-state index contributed by atoms with van der Waals surface area (Å²) >= 11 is 0. The van der Waals surface area contributed by atoms with Gasteiger partial charge in [0.25, 0.3) is 0 Å². The van der Waals surface area contributed by atoms with Gasteiger partial charge in [-0.05, 0) is 29.8 Å². The van der Waals surface area contributed by atoms with Crippen molar-refractivity contribution in [3.05, 3.63) is 59.7 Å². The summed E-state index contributed by atoms with van der Waals surface area (Å²) in [6, 6.07) is 11.3. The van der Waals surface area contributed by atoms with Gasteiger partial charge in [0.2, 0.25) is 0 Å². The van der Waals surface area contributed by atoms with E-state index in [4.69, 9.17) is 4.74 Å². The van der Waals surface area contributed by atoms with Crippen LogP contribution in [0.5, 0.6) is 5.75 Å². The molecule has 7 nitrogen and oxygen atoms in total. The summed E-state index contributed by atoms with van der Waals surface area (Å²) in [5.41, 5.74) is 0.905. The molecular formula is C21H21F3N2O5. The highest BCUT2D eigenvalue weighted by atomic mass is 19.4. The smallest absolute Gasteiger partial charge is 0.465 e. The van der Waals surface area contributed by atoms with Gasteiger partial charge >= 0.3 is 18.4 Å². The minimum atomic E-state index is -4.91. The number of nitrogens with zero attached hydrogens (tertiary/aromatic N) is 2. The zero-order valence-corrected chi connectivity index (χ0v) is 16.7. The largest absolute Gasteiger partial charge is 0.573 e. The van der Waals surface area contributed by atoms with Crippen molar-refractivity contribution in [2.45, 2.75) is 12.9 Å². The predicted molar refractivity (Wildman–Crippen MR) is 105 cm³/mol. The van der Waals surface area contributed by atoms with Gasteiger partial charge in [0, 0.05) is 13.1 Å². The minimum absolute atomic E-state index is 0.0200. The van der Waals surface area contributed by atoms with Crippen molar-refractivity contribution in [1.29, 1.82) is 0 Å². The molecule has 0 aliphatic carbocycles. The lowest BCUT2D eigenvalue weighted by Gasteiger charge is -2.33. The average Bonchev–Trinajstić information content (AvgIpc) is 2.77. The van der Waals surface area contributed by atoms with E-state index >= 15 is 0 Å². The van der Waals surface area contributed by atoms with Gasteiger partial charge in [0.1, 0.15) is 0 Å². The number of halogens is 3. The minimum Gasteiger partial charge on any atom is -0.465 e. The van der Waals surface area contributed by atoms with Gasteiger partial charge in [-0.2, -0.15) is 0 Å². The Morgan fingerprint density at radius 3 is 2.32 bits per heavy atom. The van der Waals surface area contributed by atoms with Gasteiger partial charge in [-0.1, -0.05) is 24.3 Å². The van der Waals surface area contributed by atoms with Crippen LogP contribution in [0.2, 0.25) is 0 Å². The highest BCUT2D eigenvalue weighted by molar-refractivity contribution is 5.94. The molecule has 166 valence electrons. The number of urea groups is 1. The highest BCUT2D eigenvalue weighted by Crippen LogP contribution is 2.34. The quantitative estimate of drug-likeness (QED) is 0.664. The number of hydrogen-bond donors (Lipinski definition) is 0. The maximum Gasteiger partial charge on any atom is 0.573 e. The number of morpholine rings is 1. The van der Waals surface area contributed by atoms with Crippen LogP contribution < -0.4 is 9.64 Å². The molecule has 31 heavy (non-hydrogen) atoms. The molecule has 1 aliphatic rings. The first-order valence-electron chi connectivity index (χ1n) is 9.44. The standard InChI is InChI=1S/C21H21F3N2O5/c1-29-19(27)16-8-6-15(7-9-16)14-26(20(28)25-10-12-30-13-11-25)17-4-2-3-5-18(17)31-21(22,23)24/h2-9H,10-14H2,1H3. The Kier molecular flexibility index (Phi) is 7.01. The van der Waals surface area contributed by atoms with Crippen LogP contribution in [0.25, 0.3) is 0 Å². The normalized spacial score (nSPS) is 14.1. The predicted octanol–water partition coefficient (Wildman–Crippen LogP) is 3.83. The van der Waals surface area contributed by atoms with Crippen LogP contribution in [0.15, 0.2) is 48.5 Å². The molecule has 2 aromatic rings. The first kappa shape index (κ1) is 22.4. The monoisotopic (exact) mass is 438 g/mol. The van der Waals surface area contributed by atoms with E-state index in [2.05, 4.69) is 9.47 Å². The average molecular weight is 438 g/mol. The first-order chi connectivity index (χ1) is 14.8. The maximum atomic E-state index is 13.2. The second-order valence-electron chi connectivity index (χ2n) is 6.67. The molecule has 3 rings (SSSR count). The van der Waals surface area contributed by atoms with Crippen LogP contribution in [-0.2, 0) is 16.0 Å². The van der Waals surface area contributed by atoms with Gasteiger partial charge in [0.05, 0.1) is 38.1 Å². The van der Waals surface area contributed by atoms with Crippen molar-refractivity contribution >= 4 is 17.7 Å². The molecule has 2 aromatic carbocycles. The number of rotatable bonds is 5. The maximum absolute atomic E-state index is 13.2. The van der Waals surface area contributed by atoms with E-state index in [1.807, 2.05) is 0 Å². The number of carbonyl (C=O) groups is 2. The van der Waals surface area contributed by atoms with Crippen LogP contribution in [0.1, 0.15) is 15.9 Å². The molecule has 0 aromatic heterocycles. The van der Waals surface area contributed by atoms with E-state index in [1.54, 1.807) is 12.1 Å². The molecule has 1 heterocycles. The van der Waals surface area contributed by atoms with Crippen molar-refractivity contribution in [2.24, 2.45) is 0 Å². The molecule has 0 bridgehead atoms. The van der Waals surface area contributed by atoms with Crippen LogP contribution >= 0.6 is 0 Å². The molecule has 1 saturated heterocycles.